The van der Waals surface area contributed by atoms with Crippen LogP contribution >= 0.6 is 27.3 Å². The van der Waals surface area contributed by atoms with E-state index in [0.29, 0.717) is 26.6 Å². The highest BCUT2D eigenvalue weighted by atomic mass is 79.9. The van der Waals surface area contributed by atoms with Gasteiger partial charge in [-0.3, -0.25) is 10.1 Å². The summed E-state index contributed by atoms with van der Waals surface area (Å²) >= 11 is 4.44. The number of rotatable bonds is 6. The molecule has 0 saturated heterocycles. The van der Waals surface area contributed by atoms with E-state index in [1.807, 2.05) is 0 Å². The van der Waals surface area contributed by atoms with Crippen LogP contribution in [0.3, 0.4) is 0 Å². The molecule has 1 N–H and O–H groups in total. The van der Waals surface area contributed by atoms with Gasteiger partial charge < -0.3 is 14.2 Å². The zero-order chi connectivity index (χ0) is 18.7. The van der Waals surface area contributed by atoms with Crippen LogP contribution in [0.25, 0.3) is 10.2 Å². The summed E-state index contributed by atoms with van der Waals surface area (Å²) in [5, 5.41) is 3.04. The van der Waals surface area contributed by atoms with Gasteiger partial charge in [0.2, 0.25) is 0 Å². The smallest absolute Gasteiger partial charge is 0.264 e. The van der Waals surface area contributed by atoms with Crippen molar-refractivity contribution >= 4 is 48.5 Å². The second-order valence-corrected chi connectivity index (χ2v) is 7.05. The van der Waals surface area contributed by atoms with E-state index in [9.17, 15) is 9.18 Å². The lowest BCUT2D eigenvalue weighted by atomic mass is 10.3. The molecule has 0 spiro atoms. The first-order valence-electron chi connectivity index (χ1n) is 7.40. The Labute approximate surface area is 161 Å². The molecule has 0 aliphatic rings. The van der Waals surface area contributed by atoms with Gasteiger partial charge in [-0.25, -0.2) is 9.37 Å². The van der Waals surface area contributed by atoms with Crippen molar-refractivity contribution in [3.63, 3.8) is 0 Å². The fourth-order valence-electron chi connectivity index (χ4n) is 2.20. The quantitative estimate of drug-likeness (QED) is 0.620. The molecular formula is C17H14BrFN2O4S. The van der Waals surface area contributed by atoms with Gasteiger partial charge in [0.15, 0.2) is 34.8 Å². The van der Waals surface area contributed by atoms with Crippen molar-refractivity contribution in [1.29, 1.82) is 0 Å². The van der Waals surface area contributed by atoms with Crippen LogP contribution in [0.5, 0.6) is 17.2 Å². The van der Waals surface area contributed by atoms with E-state index in [1.165, 1.54) is 30.6 Å². The van der Waals surface area contributed by atoms with E-state index in [4.69, 9.17) is 14.2 Å². The van der Waals surface area contributed by atoms with Gasteiger partial charge in [-0.2, -0.15) is 0 Å². The molecule has 1 heterocycles. The Hall–Kier alpha value is -2.39. The highest BCUT2D eigenvalue weighted by Crippen LogP contribution is 2.36. The number of carbonyl (C=O) groups is 1. The van der Waals surface area contributed by atoms with Gasteiger partial charge in [0.1, 0.15) is 0 Å². The minimum atomic E-state index is -0.550. The number of thiazole rings is 1. The first kappa shape index (κ1) is 18.4. The molecule has 0 unspecified atom stereocenters. The van der Waals surface area contributed by atoms with Crippen molar-refractivity contribution < 1.29 is 23.4 Å². The van der Waals surface area contributed by atoms with Crippen molar-refractivity contribution in [3.8, 4) is 17.2 Å². The van der Waals surface area contributed by atoms with Crippen LogP contribution in [0.15, 0.2) is 34.8 Å². The Kier molecular flexibility index (Phi) is 5.58. The maximum absolute atomic E-state index is 13.7. The van der Waals surface area contributed by atoms with Gasteiger partial charge in [0, 0.05) is 16.6 Å². The molecule has 9 heteroatoms. The summed E-state index contributed by atoms with van der Waals surface area (Å²) in [5.74, 6) is 0.145. The lowest BCUT2D eigenvalue weighted by Crippen LogP contribution is -2.20. The van der Waals surface area contributed by atoms with E-state index in [1.54, 1.807) is 25.3 Å². The van der Waals surface area contributed by atoms with Gasteiger partial charge in [0.25, 0.3) is 5.91 Å². The average Bonchev–Trinajstić information content (AvgIpc) is 3.00. The standard InChI is InChI=1S/C17H14BrFN2O4S/c1-23-13-6-11-15(7-14(13)24-2)26-17(20-11)21-16(22)8-25-12-4-3-9(18)5-10(12)19/h3-7H,8H2,1-2H3,(H,20,21,22). The number of aromatic nitrogens is 1. The molecule has 1 amide bonds. The van der Waals surface area contributed by atoms with E-state index in [2.05, 4.69) is 26.2 Å². The van der Waals surface area contributed by atoms with Gasteiger partial charge in [0.05, 0.1) is 24.4 Å². The molecule has 3 rings (SSSR count). The average molecular weight is 441 g/mol. The third kappa shape index (κ3) is 4.05. The molecule has 6 nitrogen and oxygen atoms in total. The van der Waals surface area contributed by atoms with Crippen molar-refractivity contribution in [2.75, 3.05) is 26.1 Å². The summed E-state index contributed by atoms with van der Waals surface area (Å²) < 4.78 is 30.8. The molecule has 2 aromatic carbocycles. The number of anilines is 1. The zero-order valence-corrected chi connectivity index (χ0v) is 16.2. The summed E-state index contributed by atoms with van der Waals surface area (Å²) in [6.45, 7) is -0.332. The highest BCUT2D eigenvalue weighted by molar-refractivity contribution is 9.10. The molecule has 0 bridgehead atoms. The largest absolute Gasteiger partial charge is 0.493 e. The predicted octanol–water partition coefficient (Wildman–Crippen LogP) is 4.23. The van der Waals surface area contributed by atoms with Crippen LogP contribution in [-0.4, -0.2) is 31.7 Å². The van der Waals surface area contributed by atoms with Gasteiger partial charge in [-0.05, 0) is 18.2 Å². The fourth-order valence-corrected chi connectivity index (χ4v) is 3.42. The summed E-state index contributed by atoms with van der Waals surface area (Å²) in [6.07, 6.45) is 0. The van der Waals surface area contributed by atoms with Crippen LogP contribution < -0.4 is 19.5 Å². The number of amides is 1. The number of nitrogens with zero attached hydrogens (tertiary/aromatic N) is 1. The molecule has 26 heavy (non-hydrogen) atoms. The van der Waals surface area contributed by atoms with E-state index < -0.39 is 11.7 Å². The van der Waals surface area contributed by atoms with Gasteiger partial charge in [-0.15, -0.1) is 0 Å². The Morgan fingerprint density at radius 3 is 2.62 bits per heavy atom. The summed E-state index contributed by atoms with van der Waals surface area (Å²) in [4.78, 5) is 16.4. The van der Waals surface area contributed by atoms with Crippen LogP contribution in [0, 0.1) is 5.82 Å². The van der Waals surface area contributed by atoms with Crippen molar-refractivity contribution in [3.05, 3.63) is 40.6 Å². The molecular weight excluding hydrogens is 427 g/mol. The minimum Gasteiger partial charge on any atom is -0.493 e. The van der Waals surface area contributed by atoms with Crippen LogP contribution in [0.2, 0.25) is 0 Å². The second-order valence-electron chi connectivity index (χ2n) is 5.11. The number of hydrogen-bond acceptors (Lipinski definition) is 6. The third-order valence-electron chi connectivity index (χ3n) is 3.39. The Morgan fingerprint density at radius 1 is 1.19 bits per heavy atom. The number of halogens is 2. The summed E-state index contributed by atoms with van der Waals surface area (Å²) in [5.41, 5.74) is 0.669. The van der Waals surface area contributed by atoms with Crippen LogP contribution in [0.1, 0.15) is 0 Å². The van der Waals surface area contributed by atoms with Crippen LogP contribution in [-0.2, 0) is 4.79 Å². The van der Waals surface area contributed by atoms with Crippen molar-refractivity contribution in [2.45, 2.75) is 0 Å². The fraction of sp³-hybridized carbons (Fsp3) is 0.176. The van der Waals surface area contributed by atoms with Crippen molar-refractivity contribution in [1.82, 2.24) is 4.98 Å². The second kappa shape index (κ2) is 7.88. The normalized spacial score (nSPS) is 10.6. The minimum absolute atomic E-state index is 0.00197. The molecule has 0 saturated carbocycles. The number of carbonyl (C=O) groups excluding carboxylic acids is 1. The number of ether oxygens (including phenoxy) is 3. The van der Waals surface area contributed by atoms with Crippen LogP contribution in [0.4, 0.5) is 9.52 Å². The van der Waals surface area contributed by atoms with E-state index in [0.717, 1.165) is 4.70 Å². The molecule has 3 aromatic rings. The molecule has 1 aromatic heterocycles. The Balaban J connectivity index is 1.69. The topological polar surface area (TPSA) is 69.7 Å². The zero-order valence-electron chi connectivity index (χ0n) is 13.8. The number of nitrogens with one attached hydrogen (secondary N) is 1. The lowest BCUT2D eigenvalue weighted by Gasteiger charge is -2.06. The van der Waals surface area contributed by atoms with E-state index in [-0.39, 0.29) is 12.4 Å². The van der Waals surface area contributed by atoms with Crippen molar-refractivity contribution in [2.24, 2.45) is 0 Å². The number of hydrogen-bond donors (Lipinski definition) is 1. The Morgan fingerprint density at radius 2 is 1.92 bits per heavy atom. The Bertz CT molecular complexity index is 922. The first-order chi connectivity index (χ1) is 12.5. The molecule has 136 valence electrons. The monoisotopic (exact) mass is 440 g/mol. The molecule has 0 fully saturated rings. The number of methoxy groups -OCH3 is 2. The van der Waals surface area contributed by atoms with E-state index >= 15 is 0 Å². The van der Waals surface area contributed by atoms with Gasteiger partial charge in [-0.1, -0.05) is 27.3 Å². The SMILES string of the molecule is COc1cc2nc(NC(=O)COc3ccc(Br)cc3F)sc2cc1OC. The summed E-state index contributed by atoms with van der Waals surface area (Å²) in [6, 6.07) is 7.86. The summed E-state index contributed by atoms with van der Waals surface area (Å²) in [7, 11) is 3.09. The predicted molar refractivity (Wildman–Crippen MR) is 101 cm³/mol. The molecule has 0 radical (unpaired) electrons. The first-order valence-corrected chi connectivity index (χ1v) is 9.01. The number of benzene rings is 2. The maximum Gasteiger partial charge on any atom is 0.264 e. The third-order valence-corrected chi connectivity index (χ3v) is 4.82. The highest BCUT2D eigenvalue weighted by Gasteiger charge is 2.13. The number of fused-ring (bicyclic) bond motifs is 1. The van der Waals surface area contributed by atoms with Gasteiger partial charge >= 0.3 is 0 Å². The molecule has 0 atom stereocenters. The maximum atomic E-state index is 13.7. The molecule has 0 aliphatic carbocycles. The lowest BCUT2D eigenvalue weighted by molar-refractivity contribution is -0.118. The molecule has 0 aliphatic heterocycles.